The third-order valence-corrected chi connectivity index (χ3v) is 11.4. The Hall–Kier alpha value is -4.65. The lowest BCUT2D eigenvalue weighted by Gasteiger charge is -2.30. The van der Waals surface area contributed by atoms with Crippen LogP contribution in [0.25, 0.3) is 22.4 Å². The summed E-state index contributed by atoms with van der Waals surface area (Å²) in [6, 6.07) is 12.9. The first-order valence-corrected chi connectivity index (χ1v) is 18.0. The van der Waals surface area contributed by atoms with Crippen LogP contribution in [-0.2, 0) is 39.9 Å². The Morgan fingerprint density at radius 3 is 2.65 bits per heavy atom. The molecule has 0 spiro atoms. The van der Waals surface area contributed by atoms with Crippen LogP contribution in [0.1, 0.15) is 69.0 Å². The number of hydrogen-bond donors (Lipinski definition) is 2. The van der Waals surface area contributed by atoms with Gasteiger partial charge in [-0.05, 0) is 67.3 Å². The van der Waals surface area contributed by atoms with Gasteiger partial charge < -0.3 is 14.8 Å². The van der Waals surface area contributed by atoms with Crippen LogP contribution in [0.3, 0.4) is 0 Å². The molecule has 0 saturated heterocycles. The molecule has 1 atom stereocenters. The summed E-state index contributed by atoms with van der Waals surface area (Å²) in [7, 11) is -1.95. The van der Waals surface area contributed by atoms with E-state index in [1.807, 2.05) is 45.0 Å². The number of carboxylic acid groups (broad SMARTS) is 1. The molecule has 0 saturated carbocycles. The molecule has 3 heterocycles. The molecule has 0 radical (unpaired) electrons. The Balaban J connectivity index is 1.50. The van der Waals surface area contributed by atoms with Gasteiger partial charge in [0.1, 0.15) is 11.6 Å². The third kappa shape index (κ3) is 7.22. The fourth-order valence-electron chi connectivity index (χ4n) is 6.78. The second kappa shape index (κ2) is 13.0. The Kier molecular flexibility index (Phi) is 9.08. The van der Waals surface area contributed by atoms with Gasteiger partial charge in [-0.1, -0.05) is 44.5 Å². The highest BCUT2D eigenvalue weighted by molar-refractivity contribution is 7.91. The van der Waals surface area contributed by atoms with Gasteiger partial charge in [0, 0.05) is 25.1 Å². The van der Waals surface area contributed by atoms with Gasteiger partial charge in [0.25, 0.3) is 0 Å². The first-order chi connectivity index (χ1) is 23.1. The number of aromatic nitrogens is 5. The number of rotatable bonds is 4. The van der Waals surface area contributed by atoms with E-state index in [9.17, 15) is 18.3 Å². The van der Waals surface area contributed by atoms with E-state index in [0.29, 0.717) is 48.1 Å². The lowest BCUT2D eigenvalue weighted by atomic mass is 9.75. The highest BCUT2D eigenvalue weighted by Gasteiger charge is 2.36. The van der Waals surface area contributed by atoms with E-state index in [1.54, 1.807) is 7.05 Å². The fourth-order valence-corrected chi connectivity index (χ4v) is 8.77. The van der Waals surface area contributed by atoms with Gasteiger partial charge in [-0.3, -0.25) is 4.79 Å². The Morgan fingerprint density at radius 2 is 1.88 bits per heavy atom. The van der Waals surface area contributed by atoms with E-state index in [1.165, 1.54) is 35.3 Å². The number of carbonyl (C=O) groups is 1. The first-order valence-electron chi connectivity index (χ1n) is 16.2. The Morgan fingerprint density at radius 1 is 1.08 bits per heavy atom. The van der Waals surface area contributed by atoms with Gasteiger partial charge in [0.2, 0.25) is 0 Å². The smallest absolute Gasteiger partial charge is 0.303 e. The molecular weight excluding hydrogens is 652 g/mol. The van der Waals surface area contributed by atoms with Gasteiger partial charge in [-0.2, -0.15) is 5.10 Å². The number of imidazole rings is 1. The second-order valence-electron chi connectivity index (χ2n) is 13.9. The van der Waals surface area contributed by atoms with Crippen molar-refractivity contribution >= 4 is 26.8 Å². The average molecular weight is 692 g/mol. The number of aromatic amines is 1. The lowest BCUT2D eigenvalue weighted by molar-refractivity contribution is -0.136. The summed E-state index contributed by atoms with van der Waals surface area (Å²) < 4.78 is 65.9. The lowest BCUT2D eigenvalue weighted by Crippen LogP contribution is -2.29. The minimum absolute atomic E-state index is 0.0204. The predicted molar refractivity (Wildman–Crippen MR) is 181 cm³/mol. The van der Waals surface area contributed by atoms with Crippen LogP contribution in [0.2, 0.25) is 0 Å². The van der Waals surface area contributed by atoms with Crippen LogP contribution in [0.15, 0.2) is 54.9 Å². The van der Waals surface area contributed by atoms with E-state index < -0.39 is 38.3 Å². The Bertz CT molecular complexity index is 2160. The van der Waals surface area contributed by atoms with Gasteiger partial charge >= 0.3 is 5.97 Å². The van der Waals surface area contributed by atoms with Crippen molar-refractivity contribution in [3.05, 3.63) is 89.0 Å². The monoisotopic (exact) mass is 691 g/mol. The summed E-state index contributed by atoms with van der Waals surface area (Å²) in [6.45, 7) is 5.83. The molecule has 0 aliphatic carbocycles. The average Bonchev–Trinajstić information content (AvgIpc) is 3.66. The SMILES string of the molecule is Cn1nc2nc1-c1cc(ccc1F)Oc1c(F)cc3[nH]cnc3c1CCS(=O)(=O)CC(C)(C)CCCC2(C)c1cccc(CCC(=O)O)c1. The van der Waals surface area contributed by atoms with Crippen LogP contribution in [0.4, 0.5) is 8.78 Å². The van der Waals surface area contributed by atoms with E-state index in [4.69, 9.17) is 14.8 Å². The predicted octanol–water partition coefficient (Wildman–Crippen LogP) is 6.92. The standard InChI is InChI=1S/C36H39F2N5O5S/c1-35(2)14-6-15-36(3,23-8-5-7-22(17-23)9-12-30(44)45)34-41-33(43(4)42-34)26-18-24(10-11-27(26)37)48-32-25(13-16-49(46,47)20-35)31-29(19-28(32)38)39-21-40-31/h5,7-8,10-11,17-19,21H,6,9,12-16,20H2,1-4H3,(H,39,40)(H,44,45). The second-order valence-corrected chi connectivity index (χ2v) is 16.1. The molecule has 3 aromatic carbocycles. The molecule has 13 heteroatoms. The number of nitrogens with one attached hydrogen (secondary N) is 1. The molecule has 6 rings (SSSR count). The number of sulfone groups is 1. The van der Waals surface area contributed by atoms with E-state index in [0.717, 1.165) is 11.1 Å². The quantitative estimate of drug-likeness (QED) is 0.207. The van der Waals surface area contributed by atoms with Crippen molar-refractivity contribution in [1.29, 1.82) is 0 Å². The van der Waals surface area contributed by atoms with Crippen LogP contribution in [-0.4, -0.2) is 55.7 Å². The molecule has 2 N–H and O–H groups in total. The van der Waals surface area contributed by atoms with E-state index in [-0.39, 0.29) is 47.2 Å². The number of hydrogen-bond acceptors (Lipinski definition) is 7. The maximum Gasteiger partial charge on any atom is 0.303 e. The zero-order valence-electron chi connectivity index (χ0n) is 27.9. The van der Waals surface area contributed by atoms with Crippen LogP contribution < -0.4 is 4.74 Å². The fraction of sp³-hybridized carbons (Fsp3) is 0.389. The summed E-state index contributed by atoms with van der Waals surface area (Å²) in [4.78, 5) is 23.4. The topological polar surface area (TPSA) is 140 Å². The maximum absolute atomic E-state index is 15.6. The molecule has 2 aromatic heterocycles. The summed E-state index contributed by atoms with van der Waals surface area (Å²) in [6.07, 6.45) is 3.42. The van der Waals surface area contributed by atoms with Crippen LogP contribution >= 0.6 is 0 Å². The number of halogens is 2. The zero-order chi connectivity index (χ0) is 35.1. The molecule has 5 aromatic rings. The molecule has 0 fully saturated rings. The summed E-state index contributed by atoms with van der Waals surface area (Å²) in [5, 5.41) is 14.0. The number of benzene rings is 3. The molecule has 49 heavy (non-hydrogen) atoms. The molecule has 1 aliphatic rings. The molecule has 1 aliphatic heterocycles. The van der Waals surface area contributed by atoms with Crippen molar-refractivity contribution in [2.45, 2.75) is 64.7 Å². The van der Waals surface area contributed by atoms with Crippen molar-refractivity contribution < 1.29 is 31.8 Å². The van der Waals surface area contributed by atoms with Gasteiger partial charge in [0.15, 0.2) is 33.1 Å². The minimum atomic E-state index is -3.62. The van der Waals surface area contributed by atoms with Crippen molar-refractivity contribution in [2.24, 2.45) is 12.5 Å². The number of fused-ring (bicyclic) bond motifs is 8. The number of aryl methyl sites for hydroxylation is 3. The number of nitrogens with zero attached hydrogens (tertiary/aromatic N) is 4. The number of ether oxygens (including phenoxy) is 1. The third-order valence-electron chi connectivity index (χ3n) is 9.37. The number of carboxylic acids is 1. The van der Waals surface area contributed by atoms with Crippen molar-refractivity contribution in [3.63, 3.8) is 0 Å². The van der Waals surface area contributed by atoms with E-state index >= 15 is 8.78 Å². The zero-order valence-corrected chi connectivity index (χ0v) is 28.7. The number of H-pyrrole nitrogens is 1. The molecule has 0 amide bonds. The summed E-state index contributed by atoms with van der Waals surface area (Å²) in [5.74, 6) is -1.91. The van der Waals surface area contributed by atoms with Gasteiger partial charge in [0.05, 0.1) is 39.8 Å². The van der Waals surface area contributed by atoms with Crippen molar-refractivity contribution in [1.82, 2.24) is 24.7 Å². The molecule has 10 nitrogen and oxygen atoms in total. The maximum atomic E-state index is 15.6. The molecular formula is C36H39F2N5O5S. The number of aliphatic carboxylic acids is 1. The highest BCUT2D eigenvalue weighted by atomic mass is 32.2. The molecule has 258 valence electrons. The normalized spacial score (nSPS) is 19.4. The van der Waals surface area contributed by atoms with E-state index in [2.05, 4.69) is 9.97 Å². The molecule has 4 bridgehead atoms. The van der Waals surface area contributed by atoms with Crippen molar-refractivity contribution in [2.75, 3.05) is 11.5 Å². The highest BCUT2D eigenvalue weighted by Crippen LogP contribution is 2.40. The molecule has 1 unspecified atom stereocenters. The van der Waals surface area contributed by atoms with Gasteiger partial charge in [-0.15, -0.1) is 0 Å². The van der Waals surface area contributed by atoms with Gasteiger partial charge in [-0.25, -0.2) is 31.8 Å². The summed E-state index contributed by atoms with van der Waals surface area (Å²) in [5.41, 5.74) is 1.50. The Labute approximate surface area is 283 Å². The van der Waals surface area contributed by atoms with Crippen LogP contribution in [0, 0.1) is 17.0 Å². The van der Waals surface area contributed by atoms with Crippen LogP contribution in [0.5, 0.6) is 11.5 Å². The first kappa shape index (κ1) is 34.2. The van der Waals surface area contributed by atoms with Crippen molar-refractivity contribution in [3.8, 4) is 22.9 Å². The summed E-state index contributed by atoms with van der Waals surface area (Å²) >= 11 is 0. The largest absolute Gasteiger partial charge is 0.481 e. The minimum Gasteiger partial charge on any atom is -0.481 e.